The average molecular weight is 346 g/mol. The first-order valence-corrected chi connectivity index (χ1v) is 8.92. The molecule has 0 amide bonds. The number of carbonyl (C=O) groups excluding carboxylic acids is 1. The van der Waals surface area contributed by atoms with Gasteiger partial charge in [0.05, 0.1) is 6.42 Å². The maximum absolute atomic E-state index is 11.8. The topological polar surface area (TPSA) is 61.3 Å². The Labute approximate surface area is 146 Å². The number of rotatable bonds is 6. The average Bonchev–Trinajstić information content (AvgIpc) is 3.24. The van der Waals surface area contributed by atoms with Crippen molar-refractivity contribution in [3.05, 3.63) is 40.7 Å². The van der Waals surface area contributed by atoms with Crippen LogP contribution in [0.15, 0.2) is 24.3 Å². The van der Waals surface area contributed by atoms with Gasteiger partial charge >= 0.3 is 5.97 Å². The van der Waals surface area contributed by atoms with Crippen molar-refractivity contribution >= 4 is 17.5 Å². The van der Waals surface area contributed by atoms with E-state index in [1.54, 1.807) is 0 Å². The fraction of sp³-hybridized carbons (Fsp3) is 0.500. The summed E-state index contributed by atoms with van der Waals surface area (Å²) in [6.45, 7) is 6.02. The van der Waals surface area contributed by atoms with Gasteiger partial charge in [0, 0.05) is 5.92 Å². The molecule has 128 valence electrons. The van der Waals surface area contributed by atoms with Crippen molar-refractivity contribution < 1.29 is 14.3 Å². The molecule has 0 aliphatic heterocycles. The third-order valence-corrected chi connectivity index (χ3v) is 4.18. The van der Waals surface area contributed by atoms with Crippen LogP contribution >= 0.6 is 11.5 Å². The highest BCUT2D eigenvalue weighted by atomic mass is 32.1. The molecule has 1 fully saturated rings. The molecule has 3 rings (SSSR count). The molecule has 24 heavy (non-hydrogen) atoms. The summed E-state index contributed by atoms with van der Waals surface area (Å²) in [4.78, 5) is 16.3. The molecule has 1 aliphatic rings. The number of benzene rings is 1. The van der Waals surface area contributed by atoms with Gasteiger partial charge in [0.15, 0.2) is 5.01 Å². The Morgan fingerprint density at radius 2 is 1.96 bits per heavy atom. The summed E-state index contributed by atoms with van der Waals surface area (Å²) in [5, 5.41) is 0.898. The smallest absolute Gasteiger partial charge is 0.310 e. The van der Waals surface area contributed by atoms with Crippen LogP contribution < -0.4 is 4.74 Å². The number of carbonyl (C=O) groups is 1. The van der Waals surface area contributed by atoms with Crippen molar-refractivity contribution in [3.63, 3.8) is 0 Å². The Morgan fingerprint density at radius 3 is 2.58 bits per heavy atom. The van der Waals surface area contributed by atoms with Gasteiger partial charge < -0.3 is 9.47 Å². The highest BCUT2D eigenvalue weighted by Crippen LogP contribution is 2.38. The van der Waals surface area contributed by atoms with Crippen LogP contribution in [0.3, 0.4) is 0 Å². The van der Waals surface area contributed by atoms with E-state index in [4.69, 9.17) is 9.47 Å². The fourth-order valence-corrected chi connectivity index (χ4v) is 2.86. The van der Waals surface area contributed by atoms with Gasteiger partial charge in [-0.1, -0.05) is 12.1 Å². The summed E-state index contributed by atoms with van der Waals surface area (Å²) < 4.78 is 15.4. The summed E-state index contributed by atoms with van der Waals surface area (Å²) in [5.74, 6) is 2.07. The van der Waals surface area contributed by atoms with Crippen molar-refractivity contribution in [1.82, 2.24) is 9.36 Å². The maximum Gasteiger partial charge on any atom is 0.310 e. The minimum Gasteiger partial charge on any atom is -0.486 e. The van der Waals surface area contributed by atoms with Gasteiger partial charge in [0.1, 0.15) is 23.8 Å². The van der Waals surface area contributed by atoms with Crippen LogP contribution in [-0.4, -0.2) is 20.9 Å². The van der Waals surface area contributed by atoms with Crippen LogP contribution in [0.1, 0.15) is 55.9 Å². The largest absolute Gasteiger partial charge is 0.486 e. The fourth-order valence-electron chi connectivity index (χ4n) is 2.23. The van der Waals surface area contributed by atoms with Crippen molar-refractivity contribution in [1.29, 1.82) is 0 Å². The second kappa shape index (κ2) is 6.89. The van der Waals surface area contributed by atoms with Gasteiger partial charge in [0.2, 0.25) is 0 Å². The molecule has 0 radical (unpaired) electrons. The molecule has 1 heterocycles. The molecule has 0 saturated heterocycles. The molecule has 0 spiro atoms. The number of esters is 1. The normalized spacial score (nSPS) is 14.5. The van der Waals surface area contributed by atoms with E-state index in [2.05, 4.69) is 9.36 Å². The van der Waals surface area contributed by atoms with Crippen molar-refractivity contribution in [2.45, 2.75) is 58.2 Å². The first-order chi connectivity index (χ1) is 11.4. The predicted molar refractivity (Wildman–Crippen MR) is 92.2 cm³/mol. The molecular weight excluding hydrogens is 324 g/mol. The Kier molecular flexibility index (Phi) is 4.85. The highest BCUT2D eigenvalue weighted by molar-refractivity contribution is 7.05. The first-order valence-electron chi connectivity index (χ1n) is 8.15. The molecule has 0 N–H and O–H groups in total. The zero-order valence-electron chi connectivity index (χ0n) is 14.2. The third kappa shape index (κ3) is 5.03. The Balaban J connectivity index is 1.49. The molecule has 5 nitrogen and oxygen atoms in total. The zero-order chi connectivity index (χ0) is 17.2. The van der Waals surface area contributed by atoms with Crippen LogP contribution in [0.2, 0.25) is 0 Å². The SMILES string of the molecule is CC(C)(C)OC(=O)Cc1ccc(OCc2nc(C3CC3)ns2)cc1. The Hall–Kier alpha value is -1.95. The lowest BCUT2D eigenvalue weighted by molar-refractivity contribution is -0.153. The van der Waals surface area contributed by atoms with Gasteiger partial charge in [-0.15, -0.1) is 0 Å². The van der Waals surface area contributed by atoms with Gasteiger partial charge in [-0.3, -0.25) is 4.79 Å². The zero-order valence-corrected chi connectivity index (χ0v) is 15.1. The van der Waals surface area contributed by atoms with Crippen LogP contribution in [0.25, 0.3) is 0 Å². The quantitative estimate of drug-likeness (QED) is 0.743. The lowest BCUT2D eigenvalue weighted by Gasteiger charge is -2.19. The molecule has 1 aliphatic carbocycles. The monoisotopic (exact) mass is 346 g/mol. The molecular formula is C18H22N2O3S. The first kappa shape index (κ1) is 16.9. The van der Waals surface area contributed by atoms with Crippen LogP contribution in [0.5, 0.6) is 5.75 Å². The van der Waals surface area contributed by atoms with Crippen LogP contribution in [-0.2, 0) is 22.6 Å². The van der Waals surface area contributed by atoms with Gasteiger partial charge in [-0.2, -0.15) is 4.37 Å². The number of hydrogen-bond donors (Lipinski definition) is 0. The van der Waals surface area contributed by atoms with E-state index in [-0.39, 0.29) is 12.4 Å². The second-order valence-electron chi connectivity index (χ2n) is 7.02. The van der Waals surface area contributed by atoms with E-state index in [0.29, 0.717) is 12.5 Å². The summed E-state index contributed by atoms with van der Waals surface area (Å²) >= 11 is 1.41. The molecule has 0 unspecified atom stereocenters. The van der Waals surface area contributed by atoms with E-state index in [1.165, 1.54) is 24.4 Å². The molecule has 2 aromatic rings. The Bertz CT molecular complexity index is 700. The minimum atomic E-state index is -0.457. The lowest BCUT2D eigenvalue weighted by atomic mass is 10.1. The lowest BCUT2D eigenvalue weighted by Crippen LogP contribution is -2.24. The van der Waals surface area contributed by atoms with Gasteiger partial charge in [-0.25, -0.2) is 4.98 Å². The standard InChI is InChI=1S/C18H22N2O3S/c1-18(2,3)23-16(21)10-12-4-8-14(9-5-12)22-11-15-19-17(20-24-15)13-6-7-13/h4-5,8-9,13H,6-7,10-11H2,1-3H3. The van der Waals surface area contributed by atoms with Crippen molar-refractivity contribution in [3.8, 4) is 5.75 Å². The van der Waals surface area contributed by atoms with E-state index in [9.17, 15) is 4.79 Å². The van der Waals surface area contributed by atoms with Crippen molar-refractivity contribution in [2.24, 2.45) is 0 Å². The predicted octanol–water partition coefficient (Wildman–Crippen LogP) is 3.88. The number of nitrogens with zero attached hydrogens (tertiary/aromatic N) is 2. The third-order valence-electron chi connectivity index (χ3n) is 3.48. The number of hydrogen-bond acceptors (Lipinski definition) is 6. The molecule has 1 saturated carbocycles. The summed E-state index contributed by atoms with van der Waals surface area (Å²) in [6, 6.07) is 7.50. The van der Waals surface area contributed by atoms with Gasteiger partial charge in [0.25, 0.3) is 0 Å². The molecule has 1 aromatic heterocycles. The molecule has 1 aromatic carbocycles. The summed E-state index contributed by atoms with van der Waals surface area (Å²) in [6.07, 6.45) is 2.67. The van der Waals surface area contributed by atoms with E-state index in [1.807, 2.05) is 45.0 Å². The van der Waals surface area contributed by atoms with Gasteiger partial charge in [-0.05, 0) is 62.8 Å². The minimum absolute atomic E-state index is 0.224. The van der Waals surface area contributed by atoms with E-state index >= 15 is 0 Å². The maximum atomic E-state index is 11.8. The second-order valence-corrected chi connectivity index (χ2v) is 7.85. The van der Waals surface area contributed by atoms with Crippen LogP contribution in [0.4, 0.5) is 0 Å². The number of aromatic nitrogens is 2. The van der Waals surface area contributed by atoms with Crippen LogP contribution in [0, 0.1) is 0 Å². The summed E-state index contributed by atoms with van der Waals surface area (Å²) in [5.41, 5.74) is 0.449. The Morgan fingerprint density at radius 1 is 1.25 bits per heavy atom. The highest BCUT2D eigenvalue weighted by Gasteiger charge is 2.27. The van der Waals surface area contributed by atoms with E-state index < -0.39 is 5.60 Å². The number of ether oxygens (including phenoxy) is 2. The summed E-state index contributed by atoms with van der Waals surface area (Å²) in [7, 11) is 0. The molecule has 6 heteroatoms. The molecule has 0 atom stereocenters. The van der Waals surface area contributed by atoms with E-state index in [0.717, 1.165) is 22.1 Å². The van der Waals surface area contributed by atoms with Crippen molar-refractivity contribution in [2.75, 3.05) is 0 Å². The molecule has 0 bridgehead atoms.